The first-order valence-electron chi connectivity index (χ1n) is 11.3. The van der Waals surface area contributed by atoms with Crippen LogP contribution in [-0.4, -0.2) is 44.1 Å². The minimum atomic E-state index is 0.191. The molecule has 3 aromatic heterocycles. The molecule has 182 valence electrons. The van der Waals surface area contributed by atoms with Gasteiger partial charge in [-0.05, 0) is 44.6 Å². The van der Waals surface area contributed by atoms with Gasteiger partial charge in [-0.25, -0.2) is 15.0 Å². The highest BCUT2D eigenvalue weighted by Crippen LogP contribution is 2.33. The number of hydrogen-bond donors (Lipinski definition) is 3. The third-order valence-electron chi connectivity index (χ3n) is 5.61. The second-order valence-electron chi connectivity index (χ2n) is 8.68. The lowest BCUT2D eigenvalue weighted by Crippen LogP contribution is -2.34. The van der Waals surface area contributed by atoms with E-state index >= 15 is 0 Å². The molecular weight excluding hydrogens is 472 g/mol. The fourth-order valence-corrected chi connectivity index (χ4v) is 5.10. The molecule has 0 aromatic carbocycles. The van der Waals surface area contributed by atoms with E-state index in [1.807, 2.05) is 13.0 Å². The number of thiazole rings is 1. The highest BCUT2D eigenvalue weighted by molar-refractivity contribution is 7.15. The maximum atomic E-state index is 10.9. The van der Waals surface area contributed by atoms with Crippen molar-refractivity contribution < 1.29 is 4.79 Å². The molecule has 1 amide bonds. The van der Waals surface area contributed by atoms with Crippen molar-refractivity contribution in [2.75, 3.05) is 0 Å². The van der Waals surface area contributed by atoms with Crippen molar-refractivity contribution in [1.82, 2.24) is 24.8 Å². The summed E-state index contributed by atoms with van der Waals surface area (Å²) in [5.41, 5.74) is 8.29. The SMILES string of the molecule is CC(C)Cc1nc2cnc(C(N)=NC=N)cc2n1C1CCCC(NC=O)C1.Cc1ncc(Cl)s1. The lowest BCUT2D eigenvalue weighted by Gasteiger charge is -2.31. The predicted molar refractivity (Wildman–Crippen MR) is 138 cm³/mol. The van der Waals surface area contributed by atoms with E-state index in [0.717, 1.165) is 71.1 Å². The van der Waals surface area contributed by atoms with Gasteiger partial charge in [0.15, 0.2) is 5.84 Å². The molecule has 0 bridgehead atoms. The van der Waals surface area contributed by atoms with Crippen LogP contribution in [0.15, 0.2) is 23.5 Å². The van der Waals surface area contributed by atoms with Gasteiger partial charge in [-0.1, -0.05) is 25.4 Å². The van der Waals surface area contributed by atoms with E-state index in [9.17, 15) is 4.79 Å². The Morgan fingerprint density at radius 2 is 2.21 bits per heavy atom. The lowest BCUT2D eigenvalue weighted by molar-refractivity contribution is -0.110. The van der Waals surface area contributed by atoms with Gasteiger partial charge < -0.3 is 15.6 Å². The highest BCUT2D eigenvalue weighted by Gasteiger charge is 2.27. The maximum absolute atomic E-state index is 10.9. The molecule has 4 N–H and O–H groups in total. The molecule has 3 heterocycles. The normalized spacial score (nSPS) is 18.4. The molecule has 1 aliphatic rings. The molecule has 3 aromatic rings. The Hall–Kier alpha value is -2.85. The molecule has 9 nitrogen and oxygen atoms in total. The monoisotopic (exact) mass is 502 g/mol. The third kappa shape index (κ3) is 6.60. The van der Waals surface area contributed by atoms with Crippen molar-refractivity contribution in [2.45, 2.75) is 65.0 Å². The average molecular weight is 503 g/mol. The van der Waals surface area contributed by atoms with Crippen LogP contribution in [0, 0.1) is 18.3 Å². The Morgan fingerprint density at radius 3 is 2.79 bits per heavy atom. The number of fused-ring (bicyclic) bond motifs is 1. The smallest absolute Gasteiger partial charge is 0.207 e. The number of carbonyl (C=O) groups excluding carboxylic acids is 1. The summed E-state index contributed by atoms with van der Waals surface area (Å²) in [6.07, 6.45) is 9.97. The van der Waals surface area contributed by atoms with Crippen LogP contribution in [-0.2, 0) is 11.2 Å². The number of aryl methyl sites for hydroxylation is 1. The first-order valence-corrected chi connectivity index (χ1v) is 12.5. The van der Waals surface area contributed by atoms with Crippen molar-refractivity contribution in [1.29, 1.82) is 5.41 Å². The van der Waals surface area contributed by atoms with E-state index in [0.29, 0.717) is 11.6 Å². The number of amidine groups is 1. The van der Waals surface area contributed by atoms with E-state index in [1.165, 1.54) is 11.3 Å². The summed E-state index contributed by atoms with van der Waals surface area (Å²) >= 11 is 7.01. The van der Waals surface area contributed by atoms with Gasteiger partial charge >= 0.3 is 0 Å². The second-order valence-corrected chi connectivity index (χ2v) is 10.5. The lowest BCUT2D eigenvalue weighted by atomic mass is 9.90. The summed E-state index contributed by atoms with van der Waals surface area (Å²) in [4.78, 5) is 27.8. The Bertz CT molecular complexity index is 1140. The maximum Gasteiger partial charge on any atom is 0.207 e. The Morgan fingerprint density at radius 1 is 1.41 bits per heavy atom. The van der Waals surface area contributed by atoms with E-state index in [2.05, 4.69) is 38.7 Å². The van der Waals surface area contributed by atoms with Gasteiger partial charge in [0.25, 0.3) is 0 Å². The minimum Gasteiger partial charge on any atom is -0.382 e. The van der Waals surface area contributed by atoms with Gasteiger partial charge in [0.2, 0.25) is 6.41 Å². The topological polar surface area (TPSA) is 135 Å². The number of nitrogens with two attached hydrogens (primary N) is 1. The molecule has 34 heavy (non-hydrogen) atoms. The number of aromatic nitrogens is 4. The molecule has 11 heteroatoms. The predicted octanol–water partition coefficient (Wildman–Crippen LogP) is 4.28. The number of nitrogens with zero attached hydrogens (tertiary/aromatic N) is 5. The van der Waals surface area contributed by atoms with Crippen molar-refractivity contribution in [3.63, 3.8) is 0 Å². The van der Waals surface area contributed by atoms with Gasteiger partial charge in [0.05, 0.1) is 22.9 Å². The summed E-state index contributed by atoms with van der Waals surface area (Å²) < 4.78 is 3.06. The first kappa shape index (κ1) is 25.8. The molecule has 2 unspecified atom stereocenters. The minimum absolute atomic E-state index is 0.191. The van der Waals surface area contributed by atoms with Crippen LogP contribution < -0.4 is 11.1 Å². The number of halogens is 1. The number of nitrogens with one attached hydrogen (secondary N) is 2. The zero-order chi connectivity index (χ0) is 24.7. The molecule has 0 radical (unpaired) electrons. The number of aliphatic imine (C=N–C) groups is 1. The van der Waals surface area contributed by atoms with Crippen LogP contribution >= 0.6 is 22.9 Å². The number of imidazole rings is 1. The van der Waals surface area contributed by atoms with Crippen molar-refractivity contribution in [2.24, 2.45) is 16.6 Å². The van der Waals surface area contributed by atoms with Crippen LogP contribution in [0.4, 0.5) is 0 Å². The first-order chi connectivity index (χ1) is 16.3. The molecule has 1 aliphatic carbocycles. The van der Waals surface area contributed by atoms with Crippen molar-refractivity contribution in [3.05, 3.63) is 39.3 Å². The van der Waals surface area contributed by atoms with Gasteiger partial charge in [-0.2, -0.15) is 0 Å². The van der Waals surface area contributed by atoms with Crippen LogP contribution in [0.1, 0.15) is 62.1 Å². The number of rotatable bonds is 7. The zero-order valence-corrected chi connectivity index (χ0v) is 21.2. The van der Waals surface area contributed by atoms with Gasteiger partial charge in [-0.3, -0.25) is 15.2 Å². The van der Waals surface area contributed by atoms with Gasteiger partial charge in [0.1, 0.15) is 27.7 Å². The van der Waals surface area contributed by atoms with E-state index in [4.69, 9.17) is 27.7 Å². The molecule has 2 atom stereocenters. The van der Waals surface area contributed by atoms with Gasteiger partial charge in [0, 0.05) is 18.5 Å². The van der Waals surface area contributed by atoms with Crippen LogP contribution in [0.3, 0.4) is 0 Å². The highest BCUT2D eigenvalue weighted by atomic mass is 35.5. The van der Waals surface area contributed by atoms with Crippen LogP contribution in [0.2, 0.25) is 4.34 Å². The van der Waals surface area contributed by atoms with E-state index < -0.39 is 0 Å². The molecule has 0 aliphatic heterocycles. The second kappa shape index (κ2) is 12.0. The molecule has 4 rings (SSSR count). The fraction of sp³-hybridized carbons (Fsp3) is 0.478. The number of hydrogen-bond acceptors (Lipinski definition) is 6. The van der Waals surface area contributed by atoms with Crippen molar-refractivity contribution >= 4 is 52.6 Å². The number of amides is 1. The van der Waals surface area contributed by atoms with Crippen LogP contribution in [0.25, 0.3) is 11.0 Å². The summed E-state index contributed by atoms with van der Waals surface area (Å²) in [7, 11) is 0. The quantitative estimate of drug-likeness (QED) is 0.252. The Kier molecular flexibility index (Phi) is 9.12. The standard InChI is InChI=1S/C19H27N7O.C4H4ClNS/c1-12(2)6-18-25-16-9-22-15(19(21)23-10-20)8-17(16)26(18)14-5-3-4-13(7-14)24-11-27;1-3-6-2-4(5)7-3/h8-14H,3-7H2,1-2H3,(H,24,27)(H3,20,21,23);2H,1H3. The third-order valence-corrected chi connectivity index (χ3v) is 6.64. The largest absolute Gasteiger partial charge is 0.382 e. The summed E-state index contributed by atoms with van der Waals surface area (Å²) in [5.74, 6) is 1.73. The fourth-order valence-electron chi connectivity index (χ4n) is 4.22. The summed E-state index contributed by atoms with van der Waals surface area (Å²) in [5, 5.41) is 11.1. The molecule has 1 fully saturated rings. The number of carbonyl (C=O) groups is 1. The molecule has 1 saturated carbocycles. The Balaban J connectivity index is 0.000000396. The van der Waals surface area contributed by atoms with Crippen LogP contribution in [0.5, 0.6) is 0 Å². The van der Waals surface area contributed by atoms with E-state index in [1.54, 1.807) is 12.4 Å². The zero-order valence-electron chi connectivity index (χ0n) is 19.7. The molecule has 0 saturated heterocycles. The Labute approximate surface area is 208 Å². The van der Waals surface area contributed by atoms with E-state index in [-0.39, 0.29) is 17.9 Å². The molecule has 0 spiro atoms. The number of pyridine rings is 1. The summed E-state index contributed by atoms with van der Waals surface area (Å²) in [6.45, 7) is 6.29. The van der Waals surface area contributed by atoms with Crippen molar-refractivity contribution in [3.8, 4) is 0 Å². The van der Waals surface area contributed by atoms with Gasteiger partial charge in [-0.15, -0.1) is 11.3 Å². The average Bonchev–Trinajstić information content (AvgIpc) is 3.35. The molecular formula is C23H31ClN8OS. The summed E-state index contributed by atoms with van der Waals surface area (Å²) in [6, 6.07) is 2.37.